The molecule has 1 unspecified atom stereocenters. The molecule has 4 heterocycles. The molecule has 1 saturated carbocycles. The van der Waals surface area contributed by atoms with Crippen molar-refractivity contribution in [2.45, 2.75) is 103 Å². The standard InChI is InChI=1S/C35H47N11O4/c1-23(12-13-47-5)50-34-32(21-46(41-34)31-10-8-30(9-11-31)44-18-24(2)48-25(3)19-44)40-35-37-16-29(17-38-35)27-6-7-28(15-36)33(14-27)49-26(4)20-45-22-39-42-43-45/h6-7,14,16-17,21-26,30-31H,8-13,18-20H2,1-5H3,(H,37,38,40)/t23?,24-,25+,26-,30-,31-/m0/s1. The van der Waals surface area contributed by atoms with Crippen LogP contribution in [0.25, 0.3) is 11.1 Å². The monoisotopic (exact) mass is 685 g/mol. The van der Waals surface area contributed by atoms with Gasteiger partial charge in [-0.2, -0.15) is 5.26 Å². The molecule has 4 atom stereocenters. The highest BCUT2D eigenvalue weighted by molar-refractivity contribution is 5.67. The molecule has 0 amide bonds. The minimum atomic E-state index is -0.273. The fourth-order valence-corrected chi connectivity index (χ4v) is 6.81. The summed E-state index contributed by atoms with van der Waals surface area (Å²) in [5.74, 6) is 1.40. The predicted octanol–water partition coefficient (Wildman–Crippen LogP) is 4.81. The first-order valence-electron chi connectivity index (χ1n) is 17.4. The molecule has 3 aromatic heterocycles. The Bertz CT molecular complexity index is 1690. The molecule has 1 aliphatic heterocycles. The minimum Gasteiger partial charge on any atom is -0.487 e. The Balaban J connectivity index is 1.14. The van der Waals surface area contributed by atoms with Gasteiger partial charge in [-0.15, -0.1) is 10.2 Å². The molecular weight excluding hydrogens is 638 g/mol. The van der Waals surface area contributed by atoms with Crippen molar-refractivity contribution in [1.82, 2.24) is 44.9 Å². The summed E-state index contributed by atoms with van der Waals surface area (Å²) in [4.78, 5) is 11.8. The minimum absolute atomic E-state index is 0.0911. The number of aromatic nitrogens is 8. The highest BCUT2D eigenvalue weighted by Gasteiger charge is 2.32. The van der Waals surface area contributed by atoms with Gasteiger partial charge >= 0.3 is 0 Å². The summed E-state index contributed by atoms with van der Waals surface area (Å²) >= 11 is 0. The van der Waals surface area contributed by atoms with Crippen molar-refractivity contribution in [3.8, 4) is 28.8 Å². The number of hydrogen-bond acceptors (Lipinski definition) is 13. The maximum atomic E-state index is 9.68. The molecule has 15 nitrogen and oxygen atoms in total. The Kier molecular flexibility index (Phi) is 11.5. The molecule has 2 fully saturated rings. The van der Waals surface area contributed by atoms with Gasteiger partial charge in [0.25, 0.3) is 5.88 Å². The molecule has 1 aromatic carbocycles. The first-order valence-corrected chi connectivity index (χ1v) is 17.4. The van der Waals surface area contributed by atoms with Crippen LogP contribution in [0.5, 0.6) is 11.6 Å². The van der Waals surface area contributed by atoms with Gasteiger partial charge in [0, 0.05) is 57.2 Å². The highest BCUT2D eigenvalue weighted by Crippen LogP contribution is 2.36. The van der Waals surface area contributed by atoms with E-state index in [-0.39, 0.29) is 30.5 Å². The van der Waals surface area contributed by atoms with E-state index in [2.05, 4.69) is 60.3 Å². The van der Waals surface area contributed by atoms with Crippen LogP contribution in [-0.4, -0.2) is 102 Å². The zero-order valence-electron chi connectivity index (χ0n) is 29.5. The highest BCUT2D eigenvalue weighted by atomic mass is 16.5. The Labute approximate surface area is 292 Å². The second kappa shape index (κ2) is 16.4. The first-order chi connectivity index (χ1) is 24.3. The van der Waals surface area contributed by atoms with Gasteiger partial charge in [0.05, 0.1) is 42.7 Å². The van der Waals surface area contributed by atoms with E-state index in [1.807, 2.05) is 32.2 Å². The van der Waals surface area contributed by atoms with E-state index in [0.29, 0.717) is 48.0 Å². The molecule has 266 valence electrons. The molecule has 2 aliphatic rings. The summed E-state index contributed by atoms with van der Waals surface area (Å²) in [7, 11) is 1.69. The van der Waals surface area contributed by atoms with Crippen molar-refractivity contribution in [3.05, 3.63) is 48.7 Å². The quantitative estimate of drug-likeness (QED) is 0.193. The van der Waals surface area contributed by atoms with E-state index >= 15 is 0 Å². The Morgan fingerprint density at radius 2 is 1.74 bits per heavy atom. The molecule has 1 N–H and O–H groups in total. The number of anilines is 2. The molecule has 0 radical (unpaired) electrons. The lowest BCUT2D eigenvalue weighted by atomic mass is 9.89. The summed E-state index contributed by atoms with van der Waals surface area (Å²) in [6.07, 6.45) is 12.3. The molecule has 1 saturated heterocycles. The summed E-state index contributed by atoms with van der Waals surface area (Å²) in [5.41, 5.74) is 2.74. The number of benzene rings is 1. The van der Waals surface area contributed by atoms with Crippen LogP contribution >= 0.6 is 0 Å². The Hall–Kier alpha value is -4.65. The second-order valence-corrected chi connectivity index (χ2v) is 13.4. The van der Waals surface area contributed by atoms with Gasteiger partial charge in [-0.05, 0) is 81.5 Å². The van der Waals surface area contributed by atoms with E-state index in [1.165, 1.54) is 6.33 Å². The summed E-state index contributed by atoms with van der Waals surface area (Å²) in [5, 5.41) is 29.2. The zero-order chi connectivity index (χ0) is 35.0. The van der Waals surface area contributed by atoms with E-state index in [9.17, 15) is 5.26 Å². The van der Waals surface area contributed by atoms with Gasteiger partial charge in [-0.3, -0.25) is 9.58 Å². The molecule has 1 aliphatic carbocycles. The summed E-state index contributed by atoms with van der Waals surface area (Å²) in [6, 6.07) is 8.47. The molecule has 6 rings (SSSR count). The third-order valence-corrected chi connectivity index (χ3v) is 9.24. The number of morpholine rings is 1. The lowest BCUT2D eigenvalue weighted by molar-refractivity contribution is -0.0852. The van der Waals surface area contributed by atoms with Crippen molar-refractivity contribution in [2.75, 3.05) is 32.1 Å². The zero-order valence-corrected chi connectivity index (χ0v) is 29.5. The van der Waals surface area contributed by atoms with Crippen molar-refractivity contribution in [2.24, 2.45) is 0 Å². The fourth-order valence-electron chi connectivity index (χ4n) is 6.81. The normalized spacial score (nSPS) is 22.4. The molecule has 0 bridgehead atoms. The van der Waals surface area contributed by atoms with Gasteiger partial charge < -0.3 is 24.3 Å². The van der Waals surface area contributed by atoms with Crippen molar-refractivity contribution < 1.29 is 18.9 Å². The summed E-state index contributed by atoms with van der Waals surface area (Å²) < 4.78 is 27.3. The number of methoxy groups -OCH3 is 1. The van der Waals surface area contributed by atoms with Gasteiger partial charge in [0.1, 0.15) is 29.9 Å². The van der Waals surface area contributed by atoms with E-state index < -0.39 is 0 Å². The molecule has 0 spiro atoms. The van der Waals surface area contributed by atoms with E-state index in [0.717, 1.165) is 56.3 Å². The maximum absolute atomic E-state index is 9.68. The number of hydrogen-bond donors (Lipinski definition) is 1. The van der Waals surface area contributed by atoms with Crippen LogP contribution < -0.4 is 14.8 Å². The van der Waals surface area contributed by atoms with Crippen LogP contribution in [0.4, 0.5) is 11.6 Å². The van der Waals surface area contributed by atoms with Gasteiger partial charge in [0.15, 0.2) is 0 Å². The number of tetrazole rings is 1. The number of rotatable bonds is 14. The fraction of sp³-hybridized carbons (Fsp3) is 0.571. The van der Waals surface area contributed by atoms with E-state index in [4.69, 9.17) is 24.0 Å². The Morgan fingerprint density at radius 1 is 1.00 bits per heavy atom. The third-order valence-electron chi connectivity index (χ3n) is 9.24. The average molecular weight is 686 g/mol. The molecule has 4 aromatic rings. The average Bonchev–Trinajstić information content (AvgIpc) is 3.77. The summed E-state index contributed by atoms with van der Waals surface area (Å²) in [6.45, 7) is 11.3. The second-order valence-electron chi connectivity index (χ2n) is 13.4. The molecule has 50 heavy (non-hydrogen) atoms. The lowest BCUT2D eigenvalue weighted by Crippen LogP contribution is -2.51. The number of nitrogens with zero attached hydrogens (tertiary/aromatic N) is 10. The van der Waals surface area contributed by atoms with Crippen LogP contribution in [0.2, 0.25) is 0 Å². The molecule has 15 heteroatoms. The predicted molar refractivity (Wildman–Crippen MR) is 185 cm³/mol. The van der Waals surface area contributed by atoms with Crippen molar-refractivity contribution in [3.63, 3.8) is 0 Å². The smallest absolute Gasteiger partial charge is 0.257 e. The van der Waals surface area contributed by atoms with Crippen LogP contribution in [0, 0.1) is 11.3 Å². The third kappa shape index (κ3) is 8.92. The van der Waals surface area contributed by atoms with Crippen molar-refractivity contribution >= 4 is 11.6 Å². The molecular formula is C35H47N11O4. The van der Waals surface area contributed by atoms with Gasteiger partial charge in [-0.1, -0.05) is 6.07 Å². The lowest BCUT2D eigenvalue weighted by Gasteiger charge is -2.42. The maximum Gasteiger partial charge on any atom is 0.257 e. The largest absolute Gasteiger partial charge is 0.487 e. The van der Waals surface area contributed by atoms with Crippen molar-refractivity contribution in [1.29, 1.82) is 5.26 Å². The van der Waals surface area contributed by atoms with Gasteiger partial charge in [0.2, 0.25) is 5.95 Å². The topological polar surface area (TPSA) is 163 Å². The first kappa shape index (κ1) is 35.2. The number of ether oxygens (including phenoxy) is 4. The number of nitriles is 1. The number of nitrogens with one attached hydrogen (secondary N) is 1. The van der Waals surface area contributed by atoms with Crippen LogP contribution in [0.15, 0.2) is 43.1 Å². The van der Waals surface area contributed by atoms with Gasteiger partial charge in [-0.25, -0.2) is 14.6 Å². The SMILES string of the molecule is COCCC(C)Oc1nn([C@H]2CC[C@H](N3C[C@@H](C)O[C@@H](C)C3)CC2)cc1Nc1ncc(-c2ccc(C#N)c(O[C@@H](C)Cn3cnnn3)c2)cn1. The van der Waals surface area contributed by atoms with Crippen LogP contribution in [0.3, 0.4) is 0 Å². The van der Waals surface area contributed by atoms with Crippen LogP contribution in [0.1, 0.15) is 71.4 Å². The van der Waals surface area contributed by atoms with Crippen LogP contribution in [-0.2, 0) is 16.0 Å². The van der Waals surface area contributed by atoms with E-state index in [1.54, 1.807) is 30.3 Å². The Morgan fingerprint density at radius 3 is 2.42 bits per heavy atom.